The van der Waals surface area contributed by atoms with E-state index in [1.165, 1.54) is 0 Å². The average molecular weight is 128 g/mol. The van der Waals surface area contributed by atoms with Gasteiger partial charge >= 0.3 is 0 Å². The van der Waals surface area contributed by atoms with E-state index in [4.69, 9.17) is 0 Å². The van der Waals surface area contributed by atoms with E-state index >= 15 is 0 Å². The normalized spacial score (nSPS) is 11.2. The fourth-order valence-corrected chi connectivity index (χ4v) is 0.421. The first kappa shape index (κ1) is 8.47. The molecule has 0 aliphatic carbocycles. The number of hydrogen-bond acceptors (Lipinski definition) is 1. The smallest absolute Gasteiger partial charge is 0.0844 e. The van der Waals surface area contributed by atoms with Gasteiger partial charge in [-0.1, -0.05) is 13.8 Å². The Morgan fingerprint density at radius 3 is 2.33 bits per heavy atom. The van der Waals surface area contributed by atoms with Crippen LogP contribution in [0.3, 0.4) is 0 Å². The number of aliphatic imine (C=N–C) groups is 1. The monoisotopic (exact) mass is 128 g/mol. The Bertz CT molecular complexity index is 84.9. The molecule has 2 heteroatoms. The molecule has 0 rings (SSSR count). The molecule has 0 aliphatic heterocycles. The Labute approximate surface area is 57.6 Å². The Hall–Kier alpha value is -0.530. The summed E-state index contributed by atoms with van der Waals surface area (Å²) in [5.74, 6) is 0.668. The predicted octanol–water partition coefficient (Wildman–Crippen LogP) is 1.23. The Morgan fingerprint density at radius 2 is 2.00 bits per heavy atom. The van der Waals surface area contributed by atoms with Crippen LogP contribution < -0.4 is 0 Å². The first-order valence-electron chi connectivity index (χ1n) is 3.29. The predicted molar refractivity (Wildman–Crippen MR) is 41.9 cm³/mol. The standard InChI is InChI=1S/C7H16N2/c1-7(2)5-8-6-9(3)4/h6-7H,5H2,1-4H3/b8-6-. The van der Waals surface area contributed by atoms with E-state index in [2.05, 4.69) is 18.8 Å². The Balaban J connectivity index is 3.25. The van der Waals surface area contributed by atoms with Gasteiger partial charge in [0.15, 0.2) is 0 Å². The van der Waals surface area contributed by atoms with E-state index in [0.29, 0.717) is 5.92 Å². The molecule has 0 saturated heterocycles. The van der Waals surface area contributed by atoms with Crippen LogP contribution in [0, 0.1) is 5.92 Å². The molecule has 0 heterocycles. The summed E-state index contributed by atoms with van der Waals surface area (Å²) < 4.78 is 0. The van der Waals surface area contributed by atoms with E-state index < -0.39 is 0 Å². The van der Waals surface area contributed by atoms with E-state index in [1.54, 1.807) is 0 Å². The van der Waals surface area contributed by atoms with Crippen molar-refractivity contribution >= 4 is 6.34 Å². The summed E-state index contributed by atoms with van der Waals surface area (Å²) in [6.45, 7) is 5.25. The topological polar surface area (TPSA) is 15.6 Å². The van der Waals surface area contributed by atoms with E-state index in [0.717, 1.165) is 6.54 Å². The van der Waals surface area contributed by atoms with Crippen LogP contribution >= 0.6 is 0 Å². The summed E-state index contributed by atoms with van der Waals surface area (Å²) in [4.78, 5) is 6.12. The third kappa shape index (κ3) is 7.47. The molecule has 54 valence electrons. The molecule has 0 aromatic rings. The fraction of sp³-hybridized carbons (Fsp3) is 0.857. The summed E-state index contributed by atoms with van der Waals surface area (Å²) >= 11 is 0. The molecule has 0 atom stereocenters. The minimum atomic E-state index is 0.668. The lowest BCUT2D eigenvalue weighted by molar-refractivity contribution is 0.619. The third-order valence-corrected chi connectivity index (χ3v) is 0.783. The summed E-state index contributed by atoms with van der Waals surface area (Å²) in [6.07, 6.45) is 1.85. The van der Waals surface area contributed by atoms with Gasteiger partial charge in [0.25, 0.3) is 0 Å². The van der Waals surface area contributed by atoms with Gasteiger partial charge in [-0.05, 0) is 5.92 Å². The highest BCUT2D eigenvalue weighted by atomic mass is 15.1. The first-order chi connectivity index (χ1) is 4.13. The first-order valence-corrected chi connectivity index (χ1v) is 3.29. The van der Waals surface area contributed by atoms with Crippen LogP contribution in [0.2, 0.25) is 0 Å². The van der Waals surface area contributed by atoms with Gasteiger partial charge in [0, 0.05) is 20.6 Å². The van der Waals surface area contributed by atoms with Crippen molar-refractivity contribution in [1.82, 2.24) is 4.90 Å². The third-order valence-electron chi connectivity index (χ3n) is 0.783. The maximum absolute atomic E-state index is 4.17. The number of nitrogens with zero attached hydrogens (tertiary/aromatic N) is 2. The second-order valence-electron chi connectivity index (χ2n) is 2.84. The summed E-state index contributed by atoms with van der Waals surface area (Å²) in [5, 5.41) is 0. The lowest BCUT2D eigenvalue weighted by atomic mass is 10.2. The molecule has 0 radical (unpaired) electrons. The van der Waals surface area contributed by atoms with Crippen molar-refractivity contribution in [2.24, 2.45) is 10.9 Å². The second kappa shape index (κ2) is 4.36. The fourth-order valence-electron chi connectivity index (χ4n) is 0.421. The van der Waals surface area contributed by atoms with Crippen LogP contribution in [0.25, 0.3) is 0 Å². The van der Waals surface area contributed by atoms with E-state index in [-0.39, 0.29) is 0 Å². The molecule has 0 aliphatic rings. The molecular weight excluding hydrogens is 112 g/mol. The molecule has 0 spiro atoms. The summed E-state index contributed by atoms with van der Waals surface area (Å²) in [6, 6.07) is 0. The Kier molecular flexibility index (Phi) is 4.10. The van der Waals surface area contributed by atoms with Gasteiger partial charge in [0.1, 0.15) is 0 Å². The van der Waals surface area contributed by atoms with Gasteiger partial charge in [-0.25, -0.2) is 0 Å². The maximum Gasteiger partial charge on any atom is 0.0844 e. The SMILES string of the molecule is CC(C)C/N=C\N(C)C. The summed E-state index contributed by atoms with van der Waals surface area (Å²) in [5.41, 5.74) is 0. The van der Waals surface area contributed by atoms with Crippen LogP contribution in [0.4, 0.5) is 0 Å². The number of hydrogen-bond donors (Lipinski definition) is 0. The van der Waals surface area contributed by atoms with Crippen LogP contribution in [0.15, 0.2) is 4.99 Å². The van der Waals surface area contributed by atoms with Crippen molar-refractivity contribution in [2.45, 2.75) is 13.8 Å². The van der Waals surface area contributed by atoms with Crippen LogP contribution in [-0.4, -0.2) is 31.9 Å². The molecule has 9 heavy (non-hydrogen) atoms. The largest absolute Gasteiger partial charge is 0.369 e. The summed E-state index contributed by atoms with van der Waals surface area (Å²) in [7, 11) is 3.95. The van der Waals surface area contributed by atoms with Crippen molar-refractivity contribution in [3.8, 4) is 0 Å². The van der Waals surface area contributed by atoms with Gasteiger partial charge in [-0.3, -0.25) is 4.99 Å². The quantitative estimate of drug-likeness (QED) is 0.412. The molecule has 0 aromatic carbocycles. The minimum Gasteiger partial charge on any atom is -0.369 e. The molecular formula is C7H16N2. The molecule has 0 N–H and O–H groups in total. The highest BCUT2D eigenvalue weighted by Crippen LogP contribution is 1.89. The van der Waals surface area contributed by atoms with Crippen molar-refractivity contribution in [2.75, 3.05) is 20.6 Å². The zero-order chi connectivity index (χ0) is 7.28. The second-order valence-corrected chi connectivity index (χ2v) is 2.84. The molecule has 0 fully saturated rings. The van der Waals surface area contributed by atoms with Crippen LogP contribution in [0.5, 0.6) is 0 Å². The van der Waals surface area contributed by atoms with Gasteiger partial charge in [-0.2, -0.15) is 0 Å². The van der Waals surface area contributed by atoms with Gasteiger partial charge in [-0.15, -0.1) is 0 Å². The average Bonchev–Trinajstić information content (AvgIpc) is 1.63. The zero-order valence-electron chi connectivity index (χ0n) is 6.76. The van der Waals surface area contributed by atoms with Crippen LogP contribution in [0.1, 0.15) is 13.8 Å². The molecule has 0 unspecified atom stereocenters. The molecule has 0 aromatic heterocycles. The molecule has 0 amide bonds. The molecule has 2 nitrogen and oxygen atoms in total. The van der Waals surface area contributed by atoms with Crippen molar-refractivity contribution in [3.05, 3.63) is 0 Å². The van der Waals surface area contributed by atoms with Crippen molar-refractivity contribution in [1.29, 1.82) is 0 Å². The molecule has 0 saturated carbocycles. The zero-order valence-corrected chi connectivity index (χ0v) is 6.76. The van der Waals surface area contributed by atoms with Gasteiger partial charge in [0.05, 0.1) is 6.34 Å². The lowest BCUT2D eigenvalue weighted by Crippen LogP contribution is -2.08. The van der Waals surface area contributed by atoms with E-state index in [1.807, 2.05) is 25.3 Å². The minimum absolute atomic E-state index is 0.668. The highest BCUT2D eigenvalue weighted by Gasteiger charge is 1.86. The van der Waals surface area contributed by atoms with Crippen LogP contribution in [-0.2, 0) is 0 Å². The van der Waals surface area contributed by atoms with E-state index in [9.17, 15) is 0 Å². The highest BCUT2D eigenvalue weighted by molar-refractivity contribution is 5.53. The molecule has 0 bridgehead atoms. The number of rotatable bonds is 3. The van der Waals surface area contributed by atoms with Crippen molar-refractivity contribution < 1.29 is 0 Å². The Morgan fingerprint density at radius 1 is 1.44 bits per heavy atom. The van der Waals surface area contributed by atoms with Crippen molar-refractivity contribution in [3.63, 3.8) is 0 Å². The maximum atomic E-state index is 4.17. The lowest BCUT2D eigenvalue weighted by Gasteiger charge is -2.03. The van der Waals surface area contributed by atoms with Gasteiger partial charge in [0.2, 0.25) is 0 Å². The van der Waals surface area contributed by atoms with Gasteiger partial charge < -0.3 is 4.90 Å².